The minimum atomic E-state index is -0.0202. The molecule has 0 spiro atoms. The van der Waals surface area contributed by atoms with Gasteiger partial charge < -0.3 is 15.4 Å². The molecule has 4 nitrogen and oxygen atoms in total. The van der Waals surface area contributed by atoms with E-state index in [9.17, 15) is 4.79 Å². The first-order valence-corrected chi connectivity index (χ1v) is 8.58. The van der Waals surface area contributed by atoms with Crippen LogP contribution < -0.4 is 15.4 Å². The molecule has 1 aliphatic heterocycles. The van der Waals surface area contributed by atoms with Crippen molar-refractivity contribution in [2.24, 2.45) is 0 Å². The van der Waals surface area contributed by atoms with E-state index in [1.807, 2.05) is 24.8 Å². The number of carbonyl (C=O) groups excluding carboxylic acids is 1. The van der Waals surface area contributed by atoms with E-state index in [2.05, 4.69) is 10.6 Å². The smallest absolute Gasteiger partial charge is 0.225 e. The van der Waals surface area contributed by atoms with Crippen molar-refractivity contribution in [3.8, 4) is 5.75 Å². The van der Waals surface area contributed by atoms with Crippen molar-refractivity contribution in [1.82, 2.24) is 5.32 Å². The van der Waals surface area contributed by atoms with Gasteiger partial charge in [0.2, 0.25) is 5.91 Å². The molecule has 2 N–H and O–H groups in total. The maximum atomic E-state index is 12.0. The molecule has 1 aliphatic rings. The number of carbonyl (C=O) groups is 1. The van der Waals surface area contributed by atoms with E-state index in [1.54, 1.807) is 13.2 Å². The summed E-state index contributed by atoms with van der Waals surface area (Å²) in [6.07, 6.45) is 1.64. The molecule has 1 atom stereocenters. The van der Waals surface area contributed by atoms with Gasteiger partial charge in [0, 0.05) is 35.8 Å². The molecule has 1 unspecified atom stereocenters. The number of nitrogens with one attached hydrogen (secondary N) is 2. The molecule has 1 amide bonds. The molecule has 0 aromatic heterocycles. The van der Waals surface area contributed by atoms with Gasteiger partial charge in [0.1, 0.15) is 5.75 Å². The van der Waals surface area contributed by atoms with E-state index in [0.29, 0.717) is 35.5 Å². The summed E-state index contributed by atoms with van der Waals surface area (Å²) >= 11 is 8.01. The molecule has 0 radical (unpaired) electrons. The number of aryl methyl sites for hydroxylation is 1. The summed E-state index contributed by atoms with van der Waals surface area (Å²) in [5.74, 6) is 2.92. The van der Waals surface area contributed by atoms with Gasteiger partial charge >= 0.3 is 0 Å². The Labute approximate surface area is 135 Å². The van der Waals surface area contributed by atoms with Crippen molar-refractivity contribution in [2.45, 2.75) is 25.8 Å². The summed E-state index contributed by atoms with van der Waals surface area (Å²) in [5.41, 5.74) is 1.58. The first-order valence-electron chi connectivity index (χ1n) is 7.05. The van der Waals surface area contributed by atoms with E-state index in [1.165, 1.54) is 12.2 Å². The number of anilines is 1. The Balaban J connectivity index is 1.85. The summed E-state index contributed by atoms with van der Waals surface area (Å²) in [6, 6.07) is 4.11. The van der Waals surface area contributed by atoms with Crippen molar-refractivity contribution in [1.29, 1.82) is 0 Å². The SMILES string of the molecule is COc1cc(Cl)c(C)cc1NC(=O)CCNC1CCSC1. The van der Waals surface area contributed by atoms with E-state index >= 15 is 0 Å². The van der Waals surface area contributed by atoms with Gasteiger partial charge in [-0.3, -0.25) is 4.79 Å². The zero-order valence-electron chi connectivity index (χ0n) is 12.4. The highest BCUT2D eigenvalue weighted by Crippen LogP contribution is 2.30. The Morgan fingerprint density at radius 3 is 3.00 bits per heavy atom. The first kappa shape index (κ1) is 16.5. The number of thioether (sulfide) groups is 1. The van der Waals surface area contributed by atoms with Gasteiger partial charge in [-0.25, -0.2) is 0 Å². The number of hydrogen-bond donors (Lipinski definition) is 2. The lowest BCUT2D eigenvalue weighted by Gasteiger charge is -2.13. The van der Waals surface area contributed by atoms with Crippen LogP contribution in [-0.2, 0) is 4.79 Å². The summed E-state index contributed by atoms with van der Waals surface area (Å²) in [5, 5.41) is 6.93. The quantitative estimate of drug-likeness (QED) is 0.842. The summed E-state index contributed by atoms with van der Waals surface area (Å²) in [7, 11) is 1.57. The van der Waals surface area contributed by atoms with Crippen LogP contribution in [0.3, 0.4) is 0 Å². The molecule has 1 heterocycles. The maximum absolute atomic E-state index is 12.0. The van der Waals surface area contributed by atoms with E-state index in [-0.39, 0.29) is 5.91 Å². The highest BCUT2D eigenvalue weighted by molar-refractivity contribution is 7.99. The number of ether oxygens (including phenoxy) is 1. The zero-order chi connectivity index (χ0) is 15.2. The van der Waals surface area contributed by atoms with Crippen LogP contribution in [0.15, 0.2) is 12.1 Å². The number of amides is 1. The number of hydrogen-bond acceptors (Lipinski definition) is 4. The standard InChI is InChI=1S/C15H21ClN2O2S/c1-10-7-13(14(20-2)8-12(10)16)18-15(19)3-5-17-11-4-6-21-9-11/h7-8,11,17H,3-6,9H2,1-2H3,(H,18,19). The predicted octanol–water partition coefficient (Wildman–Crippen LogP) is 3.08. The molecule has 0 bridgehead atoms. The van der Waals surface area contributed by atoms with E-state index in [4.69, 9.17) is 16.3 Å². The molecule has 1 aromatic carbocycles. The van der Waals surface area contributed by atoms with Gasteiger partial charge in [-0.15, -0.1) is 0 Å². The monoisotopic (exact) mass is 328 g/mol. The van der Waals surface area contributed by atoms with Crippen molar-refractivity contribution < 1.29 is 9.53 Å². The minimum Gasteiger partial charge on any atom is -0.495 e. The van der Waals surface area contributed by atoms with Crippen LogP contribution in [0.2, 0.25) is 5.02 Å². The zero-order valence-corrected chi connectivity index (χ0v) is 13.9. The molecule has 1 saturated heterocycles. The molecule has 6 heteroatoms. The number of benzene rings is 1. The number of methoxy groups -OCH3 is 1. The highest BCUT2D eigenvalue weighted by Gasteiger charge is 2.15. The topological polar surface area (TPSA) is 50.4 Å². The van der Waals surface area contributed by atoms with Crippen LogP contribution in [-0.4, -0.2) is 37.1 Å². The molecule has 1 fully saturated rings. The van der Waals surface area contributed by atoms with Crippen LogP contribution in [0, 0.1) is 6.92 Å². The Kier molecular flexibility index (Phi) is 6.21. The fourth-order valence-corrected chi connectivity index (χ4v) is 3.57. The van der Waals surface area contributed by atoms with Crippen molar-refractivity contribution in [2.75, 3.05) is 30.5 Å². The van der Waals surface area contributed by atoms with Crippen molar-refractivity contribution in [3.63, 3.8) is 0 Å². The lowest BCUT2D eigenvalue weighted by molar-refractivity contribution is -0.116. The second kappa shape index (κ2) is 7.92. The van der Waals surface area contributed by atoms with Gasteiger partial charge in [0.05, 0.1) is 12.8 Å². The van der Waals surface area contributed by atoms with Crippen LogP contribution in [0.4, 0.5) is 5.69 Å². The third-order valence-corrected chi connectivity index (χ3v) is 5.04. The molecular weight excluding hydrogens is 308 g/mol. The lowest BCUT2D eigenvalue weighted by Crippen LogP contribution is -2.31. The Bertz CT molecular complexity index is 505. The van der Waals surface area contributed by atoms with Gasteiger partial charge in [-0.05, 0) is 30.7 Å². The molecular formula is C15H21ClN2O2S. The predicted molar refractivity (Wildman–Crippen MR) is 89.7 cm³/mol. The molecule has 2 rings (SSSR count). The molecule has 116 valence electrons. The van der Waals surface area contributed by atoms with Crippen molar-refractivity contribution in [3.05, 3.63) is 22.7 Å². The van der Waals surface area contributed by atoms with Crippen LogP contribution in [0.5, 0.6) is 5.75 Å². The minimum absolute atomic E-state index is 0.0202. The van der Waals surface area contributed by atoms with E-state index in [0.717, 1.165) is 11.3 Å². The summed E-state index contributed by atoms with van der Waals surface area (Å²) in [4.78, 5) is 12.0. The average Bonchev–Trinajstić information content (AvgIpc) is 2.96. The van der Waals surface area contributed by atoms with Gasteiger partial charge in [-0.1, -0.05) is 11.6 Å². The highest BCUT2D eigenvalue weighted by atomic mass is 35.5. The van der Waals surface area contributed by atoms with Crippen molar-refractivity contribution >= 4 is 35.0 Å². The van der Waals surface area contributed by atoms with Gasteiger partial charge in [0.15, 0.2) is 0 Å². The third kappa shape index (κ3) is 4.80. The normalized spacial score (nSPS) is 17.8. The average molecular weight is 329 g/mol. The van der Waals surface area contributed by atoms with E-state index < -0.39 is 0 Å². The fraction of sp³-hybridized carbons (Fsp3) is 0.533. The number of rotatable bonds is 6. The molecule has 21 heavy (non-hydrogen) atoms. The Hall–Kier alpha value is -0.910. The third-order valence-electron chi connectivity index (χ3n) is 3.47. The molecule has 0 saturated carbocycles. The number of halogens is 1. The first-order chi connectivity index (χ1) is 10.1. The maximum Gasteiger partial charge on any atom is 0.225 e. The Morgan fingerprint density at radius 2 is 2.33 bits per heavy atom. The molecule has 0 aliphatic carbocycles. The summed E-state index contributed by atoms with van der Waals surface area (Å²) in [6.45, 7) is 2.60. The molecule has 1 aromatic rings. The second-order valence-electron chi connectivity index (χ2n) is 5.11. The van der Waals surface area contributed by atoms with Crippen LogP contribution in [0.25, 0.3) is 0 Å². The largest absolute Gasteiger partial charge is 0.495 e. The van der Waals surface area contributed by atoms with Crippen LogP contribution in [0.1, 0.15) is 18.4 Å². The van der Waals surface area contributed by atoms with Crippen LogP contribution >= 0.6 is 23.4 Å². The second-order valence-corrected chi connectivity index (χ2v) is 6.67. The lowest BCUT2D eigenvalue weighted by atomic mass is 10.2. The van der Waals surface area contributed by atoms with Gasteiger partial charge in [-0.2, -0.15) is 11.8 Å². The summed E-state index contributed by atoms with van der Waals surface area (Å²) < 4.78 is 5.25. The fourth-order valence-electron chi connectivity index (χ4n) is 2.23. The van der Waals surface area contributed by atoms with Gasteiger partial charge in [0.25, 0.3) is 0 Å². The Morgan fingerprint density at radius 1 is 1.52 bits per heavy atom.